The molecule has 0 aliphatic heterocycles. The molecule has 0 unspecified atom stereocenters. The van der Waals surface area contributed by atoms with Crippen LogP contribution >= 0.6 is 0 Å². The molecule has 0 saturated heterocycles. The van der Waals surface area contributed by atoms with Gasteiger partial charge in [-0.05, 0) is 36.2 Å². The van der Waals surface area contributed by atoms with Crippen LogP contribution in [0.4, 0.5) is 0 Å². The smallest absolute Gasteiger partial charge is 0.198 e. The van der Waals surface area contributed by atoms with E-state index in [4.69, 9.17) is 0 Å². The lowest BCUT2D eigenvalue weighted by Crippen LogP contribution is -1.84. The summed E-state index contributed by atoms with van der Waals surface area (Å²) in [6.07, 6.45) is 5.21. The minimum Gasteiger partial charge on any atom is -0.494 e. The van der Waals surface area contributed by atoms with Crippen molar-refractivity contribution < 1.29 is 5.11 Å². The van der Waals surface area contributed by atoms with Crippen molar-refractivity contribution in [1.29, 1.82) is 0 Å². The highest BCUT2D eigenvalue weighted by Crippen LogP contribution is 2.26. The van der Waals surface area contributed by atoms with E-state index in [1.54, 1.807) is 18.6 Å². The van der Waals surface area contributed by atoms with Crippen LogP contribution in [0.2, 0.25) is 0 Å². The molecule has 2 heterocycles. The number of pyridine rings is 1. The zero-order valence-corrected chi connectivity index (χ0v) is 11.2. The van der Waals surface area contributed by atoms with E-state index in [0.717, 1.165) is 27.6 Å². The maximum absolute atomic E-state index is 9.97. The fourth-order valence-corrected chi connectivity index (χ4v) is 2.18. The van der Waals surface area contributed by atoms with Gasteiger partial charge in [0.05, 0.1) is 12.1 Å². The predicted octanol–water partition coefficient (Wildman–Crippen LogP) is 3.20. The molecule has 0 atom stereocenters. The lowest BCUT2D eigenvalue weighted by Gasteiger charge is -1.96. The second kappa shape index (κ2) is 5.17. The third-order valence-corrected chi connectivity index (χ3v) is 3.22. The number of nitrogens with zero attached hydrogens (tertiary/aromatic N) is 2. The quantitative estimate of drug-likeness (QED) is 0.714. The van der Waals surface area contributed by atoms with E-state index < -0.39 is 0 Å². The van der Waals surface area contributed by atoms with Gasteiger partial charge in [0, 0.05) is 29.5 Å². The summed E-state index contributed by atoms with van der Waals surface area (Å²) in [5.41, 5.74) is 3.90. The molecule has 0 aliphatic carbocycles. The van der Waals surface area contributed by atoms with E-state index in [1.165, 1.54) is 0 Å². The number of benzene rings is 1. The summed E-state index contributed by atoms with van der Waals surface area (Å²) in [6, 6.07) is 9.88. The number of aryl methyl sites for hydroxylation is 1. The van der Waals surface area contributed by atoms with Crippen molar-refractivity contribution in [3.8, 4) is 5.88 Å². The van der Waals surface area contributed by atoms with Crippen LogP contribution in [0.25, 0.3) is 10.9 Å². The van der Waals surface area contributed by atoms with Crippen molar-refractivity contribution in [2.75, 3.05) is 0 Å². The maximum Gasteiger partial charge on any atom is 0.198 e. The molecule has 0 spiro atoms. The molecule has 4 nitrogen and oxygen atoms in total. The fourth-order valence-electron chi connectivity index (χ4n) is 2.18. The number of fused-ring (bicyclic) bond motifs is 1. The molecule has 100 valence electrons. The number of hydrogen-bond acceptors (Lipinski definition) is 3. The number of rotatable bonds is 3. The van der Waals surface area contributed by atoms with Crippen LogP contribution in [-0.4, -0.2) is 21.3 Å². The lowest BCUT2D eigenvalue weighted by atomic mass is 10.1. The van der Waals surface area contributed by atoms with E-state index in [-0.39, 0.29) is 5.88 Å². The first-order valence-electron chi connectivity index (χ1n) is 6.44. The Bertz CT molecular complexity index is 760. The fraction of sp³-hybridized carbons (Fsp3) is 0.125. The van der Waals surface area contributed by atoms with Gasteiger partial charge < -0.3 is 10.1 Å². The first kappa shape index (κ1) is 12.4. The molecule has 2 aromatic heterocycles. The third kappa shape index (κ3) is 2.40. The number of H-pyrrole nitrogens is 1. The summed E-state index contributed by atoms with van der Waals surface area (Å²) in [5.74, 6) is 0.157. The number of aromatic amines is 1. The Kier molecular flexibility index (Phi) is 3.21. The van der Waals surface area contributed by atoms with E-state index >= 15 is 0 Å². The summed E-state index contributed by atoms with van der Waals surface area (Å²) >= 11 is 0. The molecular weight excluding hydrogens is 250 g/mol. The number of aromatic nitrogens is 2. The SMILES string of the molecule is Cc1ccc2c(C=NCc3ccncc3)c(O)[nH]c2c1. The standard InChI is InChI=1S/C16H15N3O/c1-11-2-3-13-14(16(20)19-15(13)8-11)10-18-9-12-4-6-17-7-5-12/h2-8,10,19-20H,9H2,1H3. The highest BCUT2D eigenvalue weighted by molar-refractivity contribution is 6.02. The first-order chi connectivity index (χ1) is 9.74. The first-order valence-corrected chi connectivity index (χ1v) is 6.44. The Hall–Kier alpha value is -2.62. The molecule has 0 radical (unpaired) electrons. The van der Waals surface area contributed by atoms with Crippen LogP contribution in [0, 0.1) is 6.92 Å². The number of nitrogens with one attached hydrogen (secondary N) is 1. The zero-order valence-electron chi connectivity index (χ0n) is 11.2. The van der Waals surface area contributed by atoms with Gasteiger partial charge in [0.15, 0.2) is 5.88 Å². The summed E-state index contributed by atoms with van der Waals surface area (Å²) in [7, 11) is 0. The van der Waals surface area contributed by atoms with Crippen molar-refractivity contribution in [3.05, 3.63) is 59.4 Å². The summed E-state index contributed by atoms with van der Waals surface area (Å²) in [6.45, 7) is 2.59. The number of aromatic hydroxyl groups is 1. The average Bonchev–Trinajstić information content (AvgIpc) is 2.75. The van der Waals surface area contributed by atoms with Gasteiger partial charge in [-0.2, -0.15) is 0 Å². The second-order valence-electron chi connectivity index (χ2n) is 4.76. The largest absolute Gasteiger partial charge is 0.494 e. The van der Waals surface area contributed by atoms with Crippen LogP contribution in [0.3, 0.4) is 0 Å². The highest BCUT2D eigenvalue weighted by atomic mass is 16.3. The Morgan fingerprint density at radius 3 is 2.85 bits per heavy atom. The molecule has 4 heteroatoms. The van der Waals surface area contributed by atoms with Crippen LogP contribution in [0.5, 0.6) is 5.88 Å². The molecule has 0 saturated carbocycles. The molecule has 3 aromatic rings. The molecular formula is C16H15N3O. The van der Waals surface area contributed by atoms with Gasteiger partial charge in [0.25, 0.3) is 0 Å². The van der Waals surface area contributed by atoms with Gasteiger partial charge >= 0.3 is 0 Å². The topological polar surface area (TPSA) is 61.3 Å². The van der Waals surface area contributed by atoms with E-state index in [2.05, 4.69) is 15.0 Å². The molecule has 20 heavy (non-hydrogen) atoms. The minimum absolute atomic E-state index is 0.157. The molecule has 1 aromatic carbocycles. The minimum atomic E-state index is 0.157. The number of hydrogen-bond donors (Lipinski definition) is 2. The van der Waals surface area contributed by atoms with Crippen molar-refractivity contribution >= 4 is 17.1 Å². The monoisotopic (exact) mass is 265 g/mol. The Morgan fingerprint density at radius 2 is 2.05 bits per heavy atom. The summed E-state index contributed by atoms with van der Waals surface area (Å²) in [5, 5.41) is 10.9. The van der Waals surface area contributed by atoms with Crippen LogP contribution in [0.1, 0.15) is 16.7 Å². The van der Waals surface area contributed by atoms with Crippen LogP contribution < -0.4 is 0 Å². The van der Waals surface area contributed by atoms with Crippen LogP contribution in [-0.2, 0) is 6.54 Å². The molecule has 0 amide bonds. The highest BCUT2D eigenvalue weighted by Gasteiger charge is 2.08. The van der Waals surface area contributed by atoms with E-state index in [1.807, 2.05) is 37.3 Å². The molecule has 0 bridgehead atoms. The van der Waals surface area contributed by atoms with Gasteiger partial charge in [-0.15, -0.1) is 0 Å². The molecule has 3 rings (SSSR count). The molecule has 0 fully saturated rings. The zero-order chi connectivity index (χ0) is 13.9. The summed E-state index contributed by atoms with van der Waals surface area (Å²) in [4.78, 5) is 11.3. The molecule has 2 N–H and O–H groups in total. The van der Waals surface area contributed by atoms with Gasteiger partial charge in [0.1, 0.15) is 0 Å². The second-order valence-corrected chi connectivity index (χ2v) is 4.76. The van der Waals surface area contributed by atoms with E-state index in [9.17, 15) is 5.11 Å². The van der Waals surface area contributed by atoms with Crippen molar-refractivity contribution in [2.24, 2.45) is 4.99 Å². The van der Waals surface area contributed by atoms with Gasteiger partial charge in [-0.25, -0.2) is 0 Å². The Labute approximate surface area is 116 Å². The summed E-state index contributed by atoms with van der Waals surface area (Å²) < 4.78 is 0. The Morgan fingerprint density at radius 1 is 1.25 bits per heavy atom. The normalized spacial score (nSPS) is 11.4. The van der Waals surface area contributed by atoms with Gasteiger partial charge in [-0.1, -0.05) is 12.1 Å². The lowest BCUT2D eigenvalue weighted by molar-refractivity contribution is 0.457. The van der Waals surface area contributed by atoms with Crippen molar-refractivity contribution in [3.63, 3.8) is 0 Å². The molecule has 0 aliphatic rings. The number of aliphatic imine (C=N–C) groups is 1. The van der Waals surface area contributed by atoms with Crippen LogP contribution in [0.15, 0.2) is 47.7 Å². The predicted molar refractivity (Wildman–Crippen MR) is 80.2 cm³/mol. The maximum atomic E-state index is 9.97. The third-order valence-electron chi connectivity index (χ3n) is 3.22. The van der Waals surface area contributed by atoms with Crippen molar-refractivity contribution in [1.82, 2.24) is 9.97 Å². The van der Waals surface area contributed by atoms with E-state index in [0.29, 0.717) is 6.54 Å². The van der Waals surface area contributed by atoms with Crippen molar-refractivity contribution in [2.45, 2.75) is 13.5 Å². The van der Waals surface area contributed by atoms with Gasteiger partial charge in [0.2, 0.25) is 0 Å². The average molecular weight is 265 g/mol. The Balaban J connectivity index is 1.89. The van der Waals surface area contributed by atoms with Gasteiger partial charge in [-0.3, -0.25) is 9.98 Å².